The first kappa shape index (κ1) is 13.4. The lowest BCUT2D eigenvalue weighted by atomic mass is 10.1. The predicted octanol–water partition coefficient (Wildman–Crippen LogP) is 4.17. The summed E-state index contributed by atoms with van der Waals surface area (Å²) in [5.41, 5.74) is 8.15. The zero-order valence-electron chi connectivity index (χ0n) is 11.0. The van der Waals surface area contributed by atoms with Crippen LogP contribution in [0.15, 0.2) is 60.8 Å². The summed E-state index contributed by atoms with van der Waals surface area (Å²) in [6, 6.07) is 17.6. The van der Waals surface area contributed by atoms with Crippen molar-refractivity contribution >= 4 is 17.3 Å². The van der Waals surface area contributed by atoms with Crippen LogP contribution in [0.4, 0.5) is 5.69 Å². The number of para-hydroxylation sites is 1. The summed E-state index contributed by atoms with van der Waals surface area (Å²) in [7, 11) is 0. The molecular weight excluding hydrogens is 286 g/mol. The summed E-state index contributed by atoms with van der Waals surface area (Å²) in [6.07, 6.45) is 1.43. The number of anilines is 1. The molecule has 0 atom stereocenters. The Kier molecular flexibility index (Phi) is 3.71. The van der Waals surface area contributed by atoms with Crippen molar-refractivity contribution in [2.45, 2.75) is 0 Å². The molecule has 0 aliphatic carbocycles. The molecule has 0 fully saturated rings. The van der Waals surface area contributed by atoms with E-state index >= 15 is 0 Å². The minimum absolute atomic E-state index is 0.0939. The summed E-state index contributed by atoms with van der Waals surface area (Å²) >= 11 is 5.78. The van der Waals surface area contributed by atoms with Gasteiger partial charge in [-0.25, -0.2) is 4.98 Å². The first-order chi connectivity index (χ1) is 10.2. The van der Waals surface area contributed by atoms with Crippen LogP contribution in [0.5, 0.6) is 11.6 Å². The van der Waals surface area contributed by atoms with Crippen molar-refractivity contribution in [1.82, 2.24) is 9.97 Å². The molecule has 0 amide bonds. The van der Waals surface area contributed by atoms with Gasteiger partial charge in [-0.2, -0.15) is 4.98 Å². The lowest BCUT2D eigenvalue weighted by molar-refractivity contribution is 0.466. The number of halogens is 1. The molecule has 3 rings (SSSR count). The second kappa shape index (κ2) is 5.81. The summed E-state index contributed by atoms with van der Waals surface area (Å²) in [6.45, 7) is 0. The van der Waals surface area contributed by atoms with E-state index in [2.05, 4.69) is 9.97 Å². The third-order valence-electron chi connectivity index (χ3n) is 2.93. The largest absolute Gasteiger partial charge is 0.436 e. The quantitative estimate of drug-likeness (QED) is 0.737. The summed E-state index contributed by atoms with van der Waals surface area (Å²) in [4.78, 5) is 7.82. The van der Waals surface area contributed by atoms with E-state index in [1.807, 2.05) is 54.6 Å². The Balaban J connectivity index is 2.02. The van der Waals surface area contributed by atoms with E-state index in [1.54, 1.807) is 0 Å². The van der Waals surface area contributed by atoms with E-state index < -0.39 is 0 Å². The molecule has 2 aromatic carbocycles. The lowest BCUT2D eigenvalue weighted by Crippen LogP contribution is -1.97. The first-order valence-corrected chi connectivity index (χ1v) is 6.72. The predicted molar refractivity (Wildman–Crippen MR) is 83.4 cm³/mol. The Labute approximate surface area is 127 Å². The molecule has 2 N–H and O–H groups in total. The van der Waals surface area contributed by atoms with E-state index in [1.165, 1.54) is 6.20 Å². The number of rotatable bonds is 3. The molecule has 0 saturated carbocycles. The van der Waals surface area contributed by atoms with Crippen LogP contribution in [-0.2, 0) is 0 Å². The normalized spacial score (nSPS) is 10.3. The summed E-state index contributed by atoms with van der Waals surface area (Å²) in [5, 5.41) is 0.0939. The first-order valence-electron chi connectivity index (χ1n) is 6.34. The van der Waals surface area contributed by atoms with E-state index in [0.717, 1.165) is 11.1 Å². The van der Waals surface area contributed by atoms with E-state index in [0.29, 0.717) is 11.4 Å². The molecule has 1 heterocycles. The van der Waals surface area contributed by atoms with Gasteiger partial charge in [0, 0.05) is 5.56 Å². The van der Waals surface area contributed by atoms with Gasteiger partial charge in [-0.15, -0.1) is 0 Å². The molecule has 0 saturated heterocycles. The molecule has 1 aromatic heterocycles. The van der Waals surface area contributed by atoms with Crippen LogP contribution in [0.25, 0.3) is 11.1 Å². The Morgan fingerprint density at radius 2 is 1.67 bits per heavy atom. The SMILES string of the molecule is Nc1cnc(Cl)nc1Oc1ccccc1-c1ccccc1. The molecule has 5 heteroatoms. The van der Waals surface area contributed by atoms with Gasteiger partial charge in [-0.3, -0.25) is 0 Å². The average Bonchev–Trinajstić information content (AvgIpc) is 2.52. The molecular formula is C16H12ClN3O. The Hall–Kier alpha value is -2.59. The summed E-state index contributed by atoms with van der Waals surface area (Å²) in [5.74, 6) is 0.906. The van der Waals surface area contributed by atoms with Crippen molar-refractivity contribution in [3.05, 3.63) is 66.1 Å². The standard InChI is InChI=1S/C16H12ClN3O/c17-16-19-10-13(18)15(20-16)21-14-9-5-4-8-12(14)11-6-2-1-3-7-11/h1-10H,18H2. The number of nitrogens with zero attached hydrogens (tertiary/aromatic N) is 2. The Bertz CT molecular complexity index is 762. The lowest BCUT2D eigenvalue weighted by Gasteiger charge is -2.11. The molecule has 4 nitrogen and oxygen atoms in total. The van der Waals surface area contributed by atoms with E-state index in [-0.39, 0.29) is 11.2 Å². The van der Waals surface area contributed by atoms with Crippen LogP contribution in [-0.4, -0.2) is 9.97 Å². The second-order valence-electron chi connectivity index (χ2n) is 4.36. The van der Waals surface area contributed by atoms with E-state index in [4.69, 9.17) is 22.1 Å². The fourth-order valence-electron chi connectivity index (χ4n) is 1.95. The third kappa shape index (κ3) is 2.95. The van der Waals surface area contributed by atoms with Gasteiger partial charge in [0.05, 0.1) is 6.20 Å². The van der Waals surface area contributed by atoms with Crippen molar-refractivity contribution in [2.75, 3.05) is 5.73 Å². The summed E-state index contributed by atoms with van der Waals surface area (Å²) < 4.78 is 5.81. The highest BCUT2D eigenvalue weighted by molar-refractivity contribution is 6.28. The number of aromatic nitrogens is 2. The van der Waals surface area contributed by atoms with Crippen molar-refractivity contribution in [2.24, 2.45) is 0 Å². The number of nitrogens with two attached hydrogens (primary N) is 1. The molecule has 0 spiro atoms. The van der Waals surface area contributed by atoms with E-state index in [9.17, 15) is 0 Å². The molecule has 104 valence electrons. The minimum atomic E-state index is 0.0939. The fraction of sp³-hybridized carbons (Fsp3) is 0. The molecule has 0 unspecified atom stereocenters. The van der Waals surface area contributed by atoms with Crippen LogP contribution < -0.4 is 10.5 Å². The molecule has 0 bridgehead atoms. The highest BCUT2D eigenvalue weighted by Gasteiger charge is 2.10. The number of hydrogen-bond acceptors (Lipinski definition) is 4. The fourth-order valence-corrected chi connectivity index (χ4v) is 2.08. The van der Waals surface area contributed by atoms with Crippen LogP contribution in [0.3, 0.4) is 0 Å². The number of hydrogen-bond donors (Lipinski definition) is 1. The van der Waals surface area contributed by atoms with Gasteiger partial charge >= 0.3 is 0 Å². The number of nitrogen functional groups attached to an aromatic ring is 1. The van der Waals surface area contributed by atoms with Gasteiger partial charge < -0.3 is 10.5 Å². The molecule has 3 aromatic rings. The maximum absolute atomic E-state index is 5.82. The molecule has 21 heavy (non-hydrogen) atoms. The van der Waals surface area contributed by atoms with Crippen molar-refractivity contribution in [1.29, 1.82) is 0 Å². The van der Waals surface area contributed by atoms with Gasteiger partial charge in [0.2, 0.25) is 11.2 Å². The smallest absolute Gasteiger partial charge is 0.247 e. The van der Waals surface area contributed by atoms with Gasteiger partial charge in [-0.1, -0.05) is 48.5 Å². The number of ether oxygens (including phenoxy) is 1. The third-order valence-corrected chi connectivity index (χ3v) is 3.11. The highest BCUT2D eigenvalue weighted by Crippen LogP contribution is 2.34. The van der Waals surface area contributed by atoms with Crippen molar-refractivity contribution in [3.63, 3.8) is 0 Å². The monoisotopic (exact) mass is 297 g/mol. The number of benzene rings is 2. The maximum atomic E-state index is 5.82. The maximum Gasteiger partial charge on any atom is 0.247 e. The van der Waals surface area contributed by atoms with Crippen LogP contribution in [0, 0.1) is 0 Å². The zero-order valence-corrected chi connectivity index (χ0v) is 11.8. The molecule has 0 radical (unpaired) electrons. The van der Waals surface area contributed by atoms with Crippen LogP contribution in [0.2, 0.25) is 5.28 Å². The Morgan fingerprint density at radius 1 is 0.952 bits per heavy atom. The average molecular weight is 298 g/mol. The van der Waals surface area contributed by atoms with Crippen molar-refractivity contribution in [3.8, 4) is 22.8 Å². The van der Waals surface area contributed by atoms with Crippen LogP contribution in [0.1, 0.15) is 0 Å². The Morgan fingerprint density at radius 3 is 2.48 bits per heavy atom. The minimum Gasteiger partial charge on any atom is -0.436 e. The molecule has 0 aliphatic heterocycles. The van der Waals surface area contributed by atoms with Crippen LogP contribution >= 0.6 is 11.6 Å². The highest BCUT2D eigenvalue weighted by atomic mass is 35.5. The molecule has 0 aliphatic rings. The van der Waals surface area contributed by atoms with Gasteiger partial charge in [0.1, 0.15) is 11.4 Å². The van der Waals surface area contributed by atoms with Gasteiger partial charge in [-0.05, 0) is 23.2 Å². The topological polar surface area (TPSA) is 61.0 Å². The second-order valence-corrected chi connectivity index (χ2v) is 4.70. The van der Waals surface area contributed by atoms with Gasteiger partial charge in [0.25, 0.3) is 0 Å². The van der Waals surface area contributed by atoms with Gasteiger partial charge in [0.15, 0.2) is 0 Å². The van der Waals surface area contributed by atoms with Crippen molar-refractivity contribution < 1.29 is 4.74 Å². The zero-order chi connectivity index (χ0) is 14.7.